The first-order valence-corrected chi connectivity index (χ1v) is 10.5. The van der Waals surface area contributed by atoms with E-state index in [0.29, 0.717) is 29.9 Å². The van der Waals surface area contributed by atoms with Crippen molar-refractivity contribution >= 4 is 11.8 Å². The molecule has 0 unspecified atom stereocenters. The van der Waals surface area contributed by atoms with Crippen molar-refractivity contribution in [2.24, 2.45) is 0 Å². The molecular weight excluding hydrogens is 400 g/mol. The normalized spacial score (nSPS) is 10.5. The number of aromatic nitrogens is 2. The van der Waals surface area contributed by atoms with Crippen molar-refractivity contribution in [1.29, 1.82) is 0 Å². The van der Waals surface area contributed by atoms with Crippen molar-refractivity contribution in [1.82, 2.24) is 20.4 Å². The van der Waals surface area contributed by atoms with Gasteiger partial charge in [0.1, 0.15) is 5.69 Å². The Labute approximate surface area is 186 Å². The highest BCUT2D eigenvalue weighted by atomic mass is 16.2. The molecule has 6 heteroatoms. The Hall–Kier alpha value is -4.19. The second kappa shape index (κ2) is 9.75. The summed E-state index contributed by atoms with van der Waals surface area (Å²) in [6.07, 6.45) is 1.74. The summed E-state index contributed by atoms with van der Waals surface area (Å²) in [4.78, 5) is 25.2. The smallest absolute Gasteiger partial charge is 0.255 e. The number of benzene rings is 3. The molecule has 3 aromatic carbocycles. The van der Waals surface area contributed by atoms with E-state index in [1.165, 1.54) is 0 Å². The van der Waals surface area contributed by atoms with Crippen LogP contribution in [0, 0.1) is 6.92 Å². The minimum atomic E-state index is -0.238. The molecule has 1 heterocycles. The summed E-state index contributed by atoms with van der Waals surface area (Å²) in [7, 11) is 0. The monoisotopic (exact) mass is 424 g/mol. The molecule has 4 aromatic rings. The van der Waals surface area contributed by atoms with Gasteiger partial charge in [-0.25, -0.2) is 4.68 Å². The summed E-state index contributed by atoms with van der Waals surface area (Å²) in [6, 6.07) is 26.6. The van der Waals surface area contributed by atoms with Crippen molar-refractivity contribution in [2.45, 2.75) is 6.92 Å². The van der Waals surface area contributed by atoms with Gasteiger partial charge in [-0.3, -0.25) is 9.59 Å². The lowest BCUT2D eigenvalue weighted by Crippen LogP contribution is -2.34. The van der Waals surface area contributed by atoms with Crippen LogP contribution in [-0.2, 0) is 0 Å². The van der Waals surface area contributed by atoms with E-state index >= 15 is 0 Å². The third-order valence-corrected chi connectivity index (χ3v) is 5.00. The highest BCUT2D eigenvalue weighted by Crippen LogP contribution is 2.24. The van der Waals surface area contributed by atoms with Gasteiger partial charge in [0.2, 0.25) is 0 Å². The minimum Gasteiger partial charge on any atom is -0.350 e. The quantitative estimate of drug-likeness (QED) is 0.440. The molecule has 0 bridgehead atoms. The van der Waals surface area contributed by atoms with Crippen molar-refractivity contribution < 1.29 is 9.59 Å². The predicted octanol–water partition coefficient (Wildman–Crippen LogP) is 4.01. The average Bonchev–Trinajstić information content (AvgIpc) is 3.28. The summed E-state index contributed by atoms with van der Waals surface area (Å²) < 4.78 is 1.71. The second-order valence-corrected chi connectivity index (χ2v) is 7.42. The van der Waals surface area contributed by atoms with Crippen LogP contribution in [-0.4, -0.2) is 34.7 Å². The number of rotatable bonds is 7. The minimum absolute atomic E-state index is 0.169. The summed E-state index contributed by atoms with van der Waals surface area (Å²) in [5, 5.41) is 10.4. The highest BCUT2D eigenvalue weighted by molar-refractivity contribution is 6.00. The van der Waals surface area contributed by atoms with E-state index in [1.807, 2.05) is 79.7 Å². The molecule has 0 aliphatic heterocycles. The largest absolute Gasteiger partial charge is 0.350 e. The van der Waals surface area contributed by atoms with E-state index in [0.717, 1.165) is 16.8 Å². The SMILES string of the molecule is Cc1cccc(-c2nn(-c3ccccc3)cc2C(=O)NCCNC(=O)c2ccccc2)c1. The standard InChI is InChI=1S/C26H24N4O2/c1-19-9-8-12-21(17-19)24-23(18-30(29-24)22-13-6-3-7-14-22)26(32)28-16-15-27-25(31)20-10-4-2-5-11-20/h2-14,17-18H,15-16H2,1H3,(H,27,31)(H,28,32). The van der Waals surface area contributed by atoms with Gasteiger partial charge in [-0.1, -0.05) is 60.2 Å². The Morgan fingerprint density at radius 1 is 0.812 bits per heavy atom. The first kappa shape index (κ1) is 21.1. The lowest BCUT2D eigenvalue weighted by atomic mass is 10.1. The van der Waals surface area contributed by atoms with Gasteiger partial charge >= 0.3 is 0 Å². The zero-order valence-electron chi connectivity index (χ0n) is 17.8. The molecule has 0 fully saturated rings. The van der Waals surface area contributed by atoms with Gasteiger partial charge in [0.05, 0.1) is 11.3 Å². The molecule has 0 spiro atoms. The van der Waals surface area contributed by atoms with Crippen LogP contribution in [0.3, 0.4) is 0 Å². The number of carbonyl (C=O) groups excluding carboxylic acids is 2. The Kier molecular flexibility index (Phi) is 6.41. The van der Waals surface area contributed by atoms with Crippen molar-refractivity contribution in [2.75, 3.05) is 13.1 Å². The fourth-order valence-corrected chi connectivity index (χ4v) is 3.40. The molecule has 6 nitrogen and oxygen atoms in total. The van der Waals surface area contributed by atoms with Crippen LogP contribution in [0.25, 0.3) is 16.9 Å². The van der Waals surface area contributed by atoms with Gasteiger partial charge in [0.25, 0.3) is 11.8 Å². The first-order valence-electron chi connectivity index (χ1n) is 10.5. The number of hydrogen-bond donors (Lipinski definition) is 2. The lowest BCUT2D eigenvalue weighted by molar-refractivity contribution is 0.0928. The Morgan fingerprint density at radius 2 is 1.47 bits per heavy atom. The lowest BCUT2D eigenvalue weighted by Gasteiger charge is -2.07. The van der Waals surface area contributed by atoms with Gasteiger partial charge in [-0.2, -0.15) is 5.10 Å². The Bertz CT molecular complexity index is 1220. The molecular formula is C26H24N4O2. The molecule has 0 aliphatic carbocycles. The highest BCUT2D eigenvalue weighted by Gasteiger charge is 2.18. The maximum Gasteiger partial charge on any atom is 0.255 e. The van der Waals surface area contributed by atoms with E-state index in [-0.39, 0.29) is 11.8 Å². The first-order chi connectivity index (χ1) is 15.6. The maximum absolute atomic E-state index is 13.0. The van der Waals surface area contributed by atoms with E-state index in [1.54, 1.807) is 23.0 Å². The fraction of sp³-hybridized carbons (Fsp3) is 0.115. The van der Waals surface area contributed by atoms with Crippen LogP contribution in [0.1, 0.15) is 26.3 Å². The third kappa shape index (κ3) is 4.92. The molecule has 0 radical (unpaired) electrons. The molecule has 0 aliphatic rings. The average molecular weight is 425 g/mol. The molecule has 2 N–H and O–H groups in total. The summed E-state index contributed by atoms with van der Waals surface area (Å²) in [6.45, 7) is 2.64. The van der Waals surface area contributed by atoms with E-state index in [9.17, 15) is 9.59 Å². The zero-order valence-corrected chi connectivity index (χ0v) is 17.8. The van der Waals surface area contributed by atoms with Crippen LogP contribution in [0.15, 0.2) is 91.1 Å². The van der Waals surface area contributed by atoms with E-state index < -0.39 is 0 Å². The Morgan fingerprint density at radius 3 is 2.16 bits per heavy atom. The molecule has 2 amide bonds. The van der Waals surface area contributed by atoms with Crippen LogP contribution in [0.2, 0.25) is 0 Å². The van der Waals surface area contributed by atoms with E-state index in [4.69, 9.17) is 5.10 Å². The molecule has 0 saturated carbocycles. The summed E-state index contributed by atoms with van der Waals surface area (Å²) in [5.74, 6) is -0.408. The van der Waals surface area contributed by atoms with Crippen LogP contribution in [0.4, 0.5) is 0 Å². The third-order valence-electron chi connectivity index (χ3n) is 5.00. The summed E-state index contributed by atoms with van der Waals surface area (Å²) >= 11 is 0. The number of nitrogens with zero attached hydrogens (tertiary/aromatic N) is 2. The molecule has 32 heavy (non-hydrogen) atoms. The number of aryl methyl sites for hydroxylation is 1. The molecule has 160 valence electrons. The number of hydrogen-bond acceptors (Lipinski definition) is 3. The summed E-state index contributed by atoms with van der Waals surface area (Å²) in [5.41, 5.74) is 4.52. The van der Waals surface area contributed by atoms with Crippen molar-refractivity contribution in [3.8, 4) is 16.9 Å². The zero-order chi connectivity index (χ0) is 22.3. The Balaban J connectivity index is 1.49. The van der Waals surface area contributed by atoms with Gasteiger partial charge in [0, 0.05) is 30.4 Å². The number of nitrogens with one attached hydrogen (secondary N) is 2. The van der Waals surface area contributed by atoms with E-state index in [2.05, 4.69) is 10.6 Å². The van der Waals surface area contributed by atoms with Crippen LogP contribution < -0.4 is 10.6 Å². The fourth-order valence-electron chi connectivity index (χ4n) is 3.40. The van der Waals surface area contributed by atoms with Gasteiger partial charge in [0.15, 0.2) is 0 Å². The topological polar surface area (TPSA) is 76.0 Å². The maximum atomic E-state index is 13.0. The van der Waals surface area contributed by atoms with Gasteiger partial charge in [-0.15, -0.1) is 0 Å². The van der Waals surface area contributed by atoms with Gasteiger partial charge < -0.3 is 10.6 Å². The van der Waals surface area contributed by atoms with Gasteiger partial charge in [-0.05, 0) is 37.3 Å². The molecule has 0 saturated heterocycles. The number of amides is 2. The predicted molar refractivity (Wildman–Crippen MR) is 125 cm³/mol. The van der Waals surface area contributed by atoms with Crippen molar-refractivity contribution in [3.05, 3.63) is 108 Å². The molecule has 1 aromatic heterocycles. The van der Waals surface area contributed by atoms with Crippen molar-refractivity contribution in [3.63, 3.8) is 0 Å². The van der Waals surface area contributed by atoms with Crippen LogP contribution in [0.5, 0.6) is 0 Å². The number of para-hydroxylation sites is 1. The molecule has 0 atom stereocenters. The molecule has 4 rings (SSSR count). The number of carbonyl (C=O) groups is 2. The van der Waals surface area contributed by atoms with Crippen LogP contribution >= 0.6 is 0 Å². The second-order valence-electron chi connectivity index (χ2n) is 7.42.